The van der Waals surface area contributed by atoms with E-state index in [2.05, 4.69) is 6.92 Å². The summed E-state index contributed by atoms with van der Waals surface area (Å²) in [5, 5.41) is 9.70. The number of rotatable bonds is 8. The van der Waals surface area contributed by atoms with Gasteiger partial charge in [-0.15, -0.1) is 0 Å². The minimum absolute atomic E-state index is 0.102. The predicted octanol–water partition coefficient (Wildman–Crippen LogP) is 3.43. The first-order valence-corrected chi connectivity index (χ1v) is 7.61. The third-order valence-electron chi connectivity index (χ3n) is 2.79. The van der Waals surface area contributed by atoms with Crippen LogP contribution in [0.2, 0.25) is 0 Å². The average molecular weight is 266 g/mol. The highest BCUT2D eigenvalue weighted by molar-refractivity contribution is 8.13. The summed E-state index contributed by atoms with van der Waals surface area (Å²) in [5.41, 5.74) is 1.00. The average Bonchev–Trinajstić information content (AvgIpc) is 2.39. The van der Waals surface area contributed by atoms with Crippen molar-refractivity contribution < 1.29 is 9.90 Å². The van der Waals surface area contributed by atoms with E-state index in [4.69, 9.17) is 0 Å². The van der Waals surface area contributed by atoms with Gasteiger partial charge in [0.2, 0.25) is 5.12 Å². The van der Waals surface area contributed by atoms with Crippen molar-refractivity contribution in [2.24, 2.45) is 0 Å². The van der Waals surface area contributed by atoms with E-state index in [0.29, 0.717) is 6.42 Å². The molecule has 0 heterocycles. The van der Waals surface area contributed by atoms with Gasteiger partial charge in [-0.1, -0.05) is 68.3 Å². The molecule has 0 bridgehead atoms. The number of benzene rings is 1. The number of thioether (sulfide) groups is 1. The third-order valence-corrected chi connectivity index (χ3v) is 3.84. The van der Waals surface area contributed by atoms with Gasteiger partial charge in [0.1, 0.15) is 6.10 Å². The van der Waals surface area contributed by atoms with E-state index >= 15 is 0 Å². The fraction of sp³-hybridized carbons (Fsp3) is 0.533. The Labute approximate surface area is 114 Å². The van der Waals surface area contributed by atoms with Crippen LogP contribution in [0.15, 0.2) is 30.3 Å². The number of aliphatic hydroxyl groups excluding tert-OH is 1. The number of aliphatic hydroxyl groups is 1. The summed E-state index contributed by atoms with van der Waals surface area (Å²) in [4.78, 5) is 11.7. The summed E-state index contributed by atoms with van der Waals surface area (Å²) < 4.78 is 0. The molecule has 2 nitrogen and oxygen atoms in total. The summed E-state index contributed by atoms with van der Waals surface area (Å²) in [5.74, 6) is 0.824. The van der Waals surface area contributed by atoms with E-state index in [1.165, 1.54) is 31.0 Å². The summed E-state index contributed by atoms with van der Waals surface area (Å²) >= 11 is 1.27. The van der Waals surface area contributed by atoms with Gasteiger partial charge in [0.15, 0.2) is 0 Å². The number of carbonyl (C=O) groups excluding carboxylic acids is 1. The zero-order valence-corrected chi connectivity index (χ0v) is 11.8. The fourth-order valence-electron chi connectivity index (χ4n) is 1.72. The Hall–Kier alpha value is -0.800. The maximum Gasteiger partial charge on any atom is 0.217 e. The van der Waals surface area contributed by atoms with Crippen LogP contribution in [0.1, 0.15) is 38.2 Å². The van der Waals surface area contributed by atoms with Crippen LogP contribution in [-0.2, 0) is 11.2 Å². The summed E-state index contributed by atoms with van der Waals surface area (Å²) in [7, 11) is 0. The Morgan fingerprint density at radius 2 is 1.94 bits per heavy atom. The van der Waals surface area contributed by atoms with Crippen molar-refractivity contribution in [1.82, 2.24) is 0 Å². The van der Waals surface area contributed by atoms with E-state index in [-0.39, 0.29) is 5.12 Å². The third kappa shape index (κ3) is 6.22. The smallest absolute Gasteiger partial charge is 0.217 e. The number of unbranched alkanes of at least 4 members (excludes halogenated alkanes) is 3. The molecule has 0 saturated carbocycles. The van der Waals surface area contributed by atoms with Crippen LogP contribution in [0.5, 0.6) is 0 Å². The molecule has 1 aromatic rings. The van der Waals surface area contributed by atoms with Gasteiger partial charge in [-0.05, 0) is 12.0 Å². The predicted molar refractivity (Wildman–Crippen MR) is 77.8 cm³/mol. The Balaban J connectivity index is 2.21. The van der Waals surface area contributed by atoms with Crippen molar-refractivity contribution in [3.05, 3.63) is 35.9 Å². The second kappa shape index (κ2) is 9.17. The van der Waals surface area contributed by atoms with Gasteiger partial charge in [-0.25, -0.2) is 0 Å². The van der Waals surface area contributed by atoms with Crippen LogP contribution < -0.4 is 0 Å². The molecule has 0 saturated heterocycles. The van der Waals surface area contributed by atoms with Crippen molar-refractivity contribution >= 4 is 16.9 Å². The molecule has 1 unspecified atom stereocenters. The highest BCUT2D eigenvalue weighted by Gasteiger charge is 2.15. The van der Waals surface area contributed by atoms with Gasteiger partial charge in [-0.2, -0.15) is 0 Å². The second-order valence-corrected chi connectivity index (χ2v) is 5.53. The molecule has 0 aromatic heterocycles. The Morgan fingerprint density at radius 1 is 1.22 bits per heavy atom. The van der Waals surface area contributed by atoms with Crippen molar-refractivity contribution in [2.45, 2.75) is 45.1 Å². The first-order valence-electron chi connectivity index (χ1n) is 6.62. The molecule has 3 heteroatoms. The summed E-state index contributed by atoms with van der Waals surface area (Å²) in [6, 6.07) is 9.64. The SMILES string of the molecule is CCCCCCSC(=O)C(O)Cc1ccccc1. The highest BCUT2D eigenvalue weighted by atomic mass is 32.2. The van der Waals surface area contributed by atoms with Crippen LogP contribution in [-0.4, -0.2) is 22.1 Å². The molecule has 100 valence electrons. The van der Waals surface area contributed by atoms with Crippen LogP contribution in [0.4, 0.5) is 0 Å². The molecule has 0 aliphatic rings. The molecule has 1 rings (SSSR count). The lowest BCUT2D eigenvalue weighted by Gasteiger charge is -2.09. The quantitative estimate of drug-likeness (QED) is 0.732. The fourth-order valence-corrected chi connectivity index (χ4v) is 2.54. The van der Waals surface area contributed by atoms with Gasteiger partial charge >= 0.3 is 0 Å². The van der Waals surface area contributed by atoms with Gasteiger partial charge in [-0.3, -0.25) is 4.79 Å². The lowest BCUT2D eigenvalue weighted by molar-refractivity contribution is -0.118. The minimum Gasteiger partial charge on any atom is -0.384 e. The molecule has 0 radical (unpaired) electrons. The summed E-state index contributed by atoms with van der Waals surface area (Å²) in [6.07, 6.45) is 4.20. The highest BCUT2D eigenvalue weighted by Crippen LogP contribution is 2.13. The summed E-state index contributed by atoms with van der Waals surface area (Å²) in [6.45, 7) is 2.17. The lowest BCUT2D eigenvalue weighted by Crippen LogP contribution is -2.20. The zero-order valence-electron chi connectivity index (χ0n) is 11.0. The Kier molecular flexibility index (Phi) is 7.78. The van der Waals surface area contributed by atoms with Crippen LogP contribution in [0.25, 0.3) is 0 Å². The monoisotopic (exact) mass is 266 g/mol. The Morgan fingerprint density at radius 3 is 2.61 bits per heavy atom. The van der Waals surface area contributed by atoms with Gasteiger partial charge in [0, 0.05) is 12.2 Å². The topological polar surface area (TPSA) is 37.3 Å². The zero-order chi connectivity index (χ0) is 13.2. The molecule has 0 aliphatic carbocycles. The molecule has 0 aliphatic heterocycles. The largest absolute Gasteiger partial charge is 0.384 e. The normalized spacial score (nSPS) is 12.3. The number of hydrogen-bond acceptors (Lipinski definition) is 3. The van der Waals surface area contributed by atoms with E-state index in [9.17, 15) is 9.90 Å². The van der Waals surface area contributed by atoms with Crippen LogP contribution >= 0.6 is 11.8 Å². The number of hydrogen-bond donors (Lipinski definition) is 1. The van der Waals surface area contributed by atoms with Crippen molar-refractivity contribution in [2.75, 3.05) is 5.75 Å². The molecule has 0 amide bonds. The van der Waals surface area contributed by atoms with Crippen molar-refractivity contribution in [1.29, 1.82) is 0 Å². The lowest BCUT2D eigenvalue weighted by atomic mass is 10.1. The standard InChI is InChI=1S/C15H22O2S/c1-2-3-4-8-11-18-15(17)14(16)12-13-9-6-5-7-10-13/h5-7,9-10,14,16H,2-4,8,11-12H2,1H3. The van der Waals surface area contributed by atoms with Gasteiger partial charge < -0.3 is 5.11 Å². The maximum absolute atomic E-state index is 11.7. The van der Waals surface area contributed by atoms with E-state index in [1.54, 1.807) is 0 Å². The Bertz CT molecular complexity index is 338. The van der Waals surface area contributed by atoms with E-state index in [1.807, 2.05) is 30.3 Å². The minimum atomic E-state index is -0.872. The van der Waals surface area contributed by atoms with Crippen LogP contribution in [0, 0.1) is 0 Å². The van der Waals surface area contributed by atoms with Crippen LogP contribution in [0.3, 0.4) is 0 Å². The molecule has 0 spiro atoms. The van der Waals surface area contributed by atoms with Gasteiger partial charge in [0.05, 0.1) is 0 Å². The maximum atomic E-state index is 11.7. The first kappa shape index (κ1) is 15.3. The molecular formula is C15H22O2S. The molecule has 1 aromatic carbocycles. The molecule has 1 atom stereocenters. The van der Waals surface area contributed by atoms with Crippen molar-refractivity contribution in [3.8, 4) is 0 Å². The molecule has 0 fully saturated rings. The first-order chi connectivity index (χ1) is 8.74. The van der Waals surface area contributed by atoms with E-state index < -0.39 is 6.10 Å². The van der Waals surface area contributed by atoms with Gasteiger partial charge in [0.25, 0.3) is 0 Å². The van der Waals surface area contributed by atoms with E-state index in [0.717, 1.165) is 17.7 Å². The second-order valence-electron chi connectivity index (χ2n) is 4.43. The number of carbonyl (C=O) groups is 1. The molecule has 18 heavy (non-hydrogen) atoms. The molecule has 1 N–H and O–H groups in total. The molecular weight excluding hydrogens is 244 g/mol. The van der Waals surface area contributed by atoms with Crippen molar-refractivity contribution in [3.63, 3.8) is 0 Å².